The van der Waals surface area contributed by atoms with Crippen molar-refractivity contribution in [3.63, 3.8) is 0 Å². The molecular weight excluding hydrogens is 891 g/mol. The van der Waals surface area contributed by atoms with Crippen LogP contribution in [0, 0.1) is 11.3 Å². The van der Waals surface area contributed by atoms with E-state index in [1.807, 2.05) is 62.2 Å². The van der Waals surface area contributed by atoms with E-state index in [1.165, 1.54) is 21.1 Å². The van der Waals surface area contributed by atoms with Crippen molar-refractivity contribution in [2.24, 2.45) is 11.3 Å². The number of carbonyl (C=O) groups is 4. The van der Waals surface area contributed by atoms with E-state index < -0.39 is 57.4 Å². The van der Waals surface area contributed by atoms with Gasteiger partial charge in [0.05, 0.1) is 39.5 Å². The van der Waals surface area contributed by atoms with Gasteiger partial charge in [0.25, 0.3) is 5.91 Å². The van der Waals surface area contributed by atoms with E-state index in [0.717, 1.165) is 33.4 Å². The smallest absolute Gasteiger partial charge is 0.344 e. The first-order valence-corrected chi connectivity index (χ1v) is 25.0. The van der Waals surface area contributed by atoms with Crippen molar-refractivity contribution in [1.82, 2.24) is 20.1 Å². The largest absolute Gasteiger partial charge is 0.496 e. The van der Waals surface area contributed by atoms with E-state index in [2.05, 4.69) is 51.3 Å². The first-order chi connectivity index (χ1) is 33.6. The molecule has 1 aromatic heterocycles. The Morgan fingerprint density at radius 3 is 2.34 bits per heavy atom. The van der Waals surface area contributed by atoms with E-state index in [1.54, 1.807) is 19.2 Å². The molecule has 1 aliphatic carbocycles. The number of fused-ring (bicyclic) bond motifs is 6. The highest BCUT2D eigenvalue weighted by atomic mass is 16.6. The minimum absolute atomic E-state index is 0.140. The second kappa shape index (κ2) is 17.4. The highest BCUT2D eigenvalue weighted by Gasteiger charge is 2.80. The lowest BCUT2D eigenvalue weighted by molar-refractivity contribution is -0.228. The summed E-state index contributed by atoms with van der Waals surface area (Å²) in [5.74, 6) is -1.14. The van der Waals surface area contributed by atoms with Crippen molar-refractivity contribution in [2.45, 2.75) is 106 Å². The van der Waals surface area contributed by atoms with Crippen LogP contribution in [0.3, 0.4) is 0 Å². The molecule has 3 N–H and O–H groups in total. The Morgan fingerprint density at radius 1 is 0.900 bits per heavy atom. The maximum atomic E-state index is 15.7. The third kappa shape index (κ3) is 6.69. The SMILES string of the molecule is CCOc1ccc(C(=O)N[C@@]2(CC)C[C@H]3CN(CCc4c([nH]c5ccccc45)[C@@](C(=O)OC)(c4cc5c(cc4OC)N(C)[C@H]4[C@@](O)(C(=O)OC)[C@H](OC(C)=O)[C@]6(CC)C=CCN7CC[C@]54[C@@H]76)C3)C2)cc1. The molecule has 1 amide bonds. The number of ether oxygens (including phenoxy) is 5. The summed E-state index contributed by atoms with van der Waals surface area (Å²) in [4.78, 5) is 68.3. The molecule has 1 spiro atoms. The zero-order valence-corrected chi connectivity index (χ0v) is 41.7. The number of rotatable bonds is 11. The van der Waals surface area contributed by atoms with Gasteiger partial charge in [-0.25, -0.2) is 4.79 Å². The number of methoxy groups -OCH3 is 3. The van der Waals surface area contributed by atoms with Gasteiger partial charge in [0.2, 0.25) is 5.60 Å². The predicted octanol–water partition coefficient (Wildman–Crippen LogP) is 5.83. The fourth-order valence-electron chi connectivity index (χ4n) is 14.9. The molecule has 0 radical (unpaired) electrons. The summed E-state index contributed by atoms with van der Waals surface area (Å²) in [5, 5.41) is 18.0. The number of nitrogens with one attached hydrogen (secondary N) is 2. The Bertz CT molecular complexity index is 2770. The quantitative estimate of drug-likeness (QED) is 0.0934. The van der Waals surface area contributed by atoms with Gasteiger partial charge in [0, 0.05) is 96.5 Å². The minimum atomic E-state index is -2.33. The Balaban J connectivity index is 1.19. The van der Waals surface area contributed by atoms with Crippen LogP contribution in [0.1, 0.15) is 92.5 Å². The number of aromatic nitrogens is 1. The third-order valence-electron chi connectivity index (χ3n) is 17.4. The number of amides is 1. The van der Waals surface area contributed by atoms with Crippen LogP contribution in [0.2, 0.25) is 0 Å². The summed E-state index contributed by atoms with van der Waals surface area (Å²) < 4.78 is 29.9. The van der Waals surface area contributed by atoms with Crippen LogP contribution < -0.4 is 19.7 Å². The second-order valence-electron chi connectivity index (χ2n) is 20.7. The van der Waals surface area contributed by atoms with Crippen LogP contribution in [-0.2, 0) is 45.8 Å². The van der Waals surface area contributed by atoms with Crippen LogP contribution in [0.4, 0.5) is 5.69 Å². The number of piperidine rings is 1. The van der Waals surface area contributed by atoms with Gasteiger partial charge in [-0.3, -0.25) is 19.3 Å². The monoisotopic (exact) mass is 957 g/mol. The number of para-hydroxylation sites is 1. The molecule has 10 atom stereocenters. The summed E-state index contributed by atoms with van der Waals surface area (Å²) in [5.41, 5.74) is -1.08. The van der Waals surface area contributed by atoms with Gasteiger partial charge < -0.3 is 48.9 Å². The lowest BCUT2D eigenvalue weighted by Crippen LogP contribution is -2.81. The molecule has 15 heteroatoms. The average Bonchev–Trinajstić information content (AvgIpc) is 4.03. The van der Waals surface area contributed by atoms with Gasteiger partial charge in [-0.1, -0.05) is 44.2 Å². The molecule has 15 nitrogen and oxygen atoms in total. The van der Waals surface area contributed by atoms with Gasteiger partial charge in [-0.15, -0.1) is 0 Å². The number of nitrogens with zero attached hydrogens (tertiary/aromatic N) is 3. The summed E-state index contributed by atoms with van der Waals surface area (Å²) in [6, 6.07) is 18.1. The fraction of sp³-hybridized carbons (Fsp3) is 0.527. The molecule has 6 heterocycles. The van der Waals surface area contributed by atoms with Crippen molar-refractivity contribution in [3.05, 3.63) is 101 Å². The van der Waals surface area contributed by atoms with Crippen molar-refractivity contribution >= 4 is 40.4 Å². The first kappa shape index (κ1) is 47.8. The Kier molecular flexibility index (Phi) is 11.9. The molecule has 3 fully saturated rings. The molecule has 1 unspecified atom stereocenters. The van der Waals surface area contributed by atoms with Crippen molar-refractivity contribution in [1.29, 1.82) is 0 Å². The molecule has 10 rings (SSSR count). The van der Waals surface area contributed by atoms with E-state index in [0.29, 0.717) is 100 Å². The van der Waals surface area contributed by atoms with Gasteiger partial charge in [-0.2, -0.15) is 0 Å². The predicted molar refractivity (Wildman–Crippen MR) is 263 cm³/mol. The van der Waals surface area contributed by atoms with Crippen molar-refractivity contribution in [3.8, 4) is 11.5 Å². The maximum Gasteiger partial charge on any atom is 0.344 e. The summed E-state index contributed by atoms with van der Waals surface area (Å²) in [7, 11) is 6.16. The van der Waals surface area contributed by atoms with Crippen LogP contribution in [0.5, 0.6) is 11.5 Å². The van der Waals surface area contributed by atoms with Crippen LogP contribution in [-0.4, -0.2) is 141 Å². The number of hydrogen-bond acceptors (Lipinski definition) is 13. The number of esters is 3. The molecule has 372 valence electrons. The topological polar surface area (TPSA) is 172 Å². The zero-order chi connectivity index (χ0) is 49.5. The number of aromatic amines is 1. The molecule has 2 bridgehead atoms. The third-order valence-corrected chi connectivity index (χ3v) is 17.4. The maximum absolute atomic E-state index is 15.7. The van der Waals surface area contributed by atoms with Crippen LogP contribution in [0.15, 0.2) is 72.8 Å². The van der Waals surface area contributed by atoms with Crippen molar-refractivity contribution < 1.29 is 48.0 Å². The number of aliphatic hydroxyl groups is 1. The van der Waals surface area contributed by atoms with E-state index in [-0.39, 0.29) is 17.9 Å². The molecule has 1 saturated carbocycles. The van der Waals surface area contributed by atoms with E-state index in [9.17, 15) is 19.5 Å². The van der Waals surface area contributed by atoms with Gasteiger partial charge in [0.1, 0.15) is 16.9 Å². The molecule has 3 aromatic carbocycles. The molecular formula is C55H67N5O10. The van der Waals surface area contributed by atoms with E-state index >= 15 is 4.79 Å². The standard InChI is InChI=1S/C55H67N5O10/c1-9-51(57-45(62)35-17-19-36(20-18-35)69-11-3)29-34-30-54(49(63)67-7,44-38(21-25-59(31-34)32-51)37-15-12-13-16-41(37)56-44)40-27-39-42(28-43(40)66-6)58(5)47-53(39)23-26-60-24-14-22-52(10-2,46(53)60)48(70-33(4)61)55(47,65)50(64)68-8/h12-20,22,27-28,34,46-48,56,65H,9-11,21,23-26,29-32H2,1-8H3,(H,57,62)/t34-,46+,47-,48-,51+,52-,53-,54+,55+/m1/s1. The van der Waals surface area contributed by atoms with Gasteiger partial charge in [-0.05, 0) is 105 Å². The second-order valence-corrected chi connectivity index (χ2v) is 20.7. The summed E-state index contributed by atoms with van der Waals surface area (Å²) in [6.45, 7) is 11.1. The average molecular weight is 958 g/mol. The molecule has 4 aromatic rings. The van der Waals surface area contributed by atoms with Gasteiger partial charge >= 0.3 is 17.9 Å². The van der Waals surface area contributed by atoms with Crippen LogP contribution >= 0.6 is 0 Å². The molecule has 5 aliphatic heterocycles. The number of benzene rings is 3. The highest BCUT2D eigenvalue weighted by Crippen LogP contribution is 2.68. The molecule has 70 heavy (non-hydrogen) atoms. The zero-order valence-electron chi connectivity index (χ0n) is 41.7. The molecule has 6 aliphatic rings. The number of H-pyrrole nitrogens is 1. The van der Waals surface area contributed by atoms with Crippen molar-refractivity contribution in [2.75, 3.05) is 72.6 Å². The van der Waals surface area contributed by atoms with Crippen LogP contribution in [0.25, 0.3) is 10.9 Å². The number of anilines is 1. The minimum Gasteiger partial charge on any atom is -0.496 e. The summed E-state index contributed by atoms with van der Waals surface area (Å²) >= 11 is 0. The Hall–Kier alpha value is -5.90. The number of hydrogen-bond donors (Lipinski definition) is 3. The lowest BCUT2D eigenvalue weighted by Gasteiger charge is -2.63. The van der Waals surface area contributed by atoms with Gasteiger partial charge in [0.15, 0.2) is 6.10 Å². The Labute approximate surface area is 409 Å². The first-order valence-electron chi connectivity index (χ1n) is 25.0. The van der Waals surface area contributed by atoms with E-state index in [4.69, 9.17) is 23.7 Å². The molecule has 2 saturated heterocycles. The summed E-state index contributed by atoms with van der Waals surface area (Å²) in [6.07, 6.45) is 5.95. The highest BCUT2D eigenvalue weighted by molar-refractivity contribution is 5.96. The normalized spacial score (nSPS) is 32.8. The number of carbonyl (C=O) groups excluding carboxylic acids is 4. The lowest BCUT2D eigenvalue weighted by atomic mass is 9.47. The fourth-order valence-corrected chi connectivity index (χ4v) is 14.9. The Morgan fingerprint density at radius 2 is 1.66 bits per heavy atom. The number of likely N-dealkylation sites (N-methyl/N-ethyl adjacent to an activating group) is 1.